The summed E-state index contributed by atoms with van der Waals surface area (Å²) in [4.78, 5) is 14.5. The molecule has 2 N–H and O–H groups in total. The summed E-state index contributed by atoms with van der Waals surface area (Å²) < 4.78 is 0. The lowest BCUT2D eigenvalue weighted by Crippen LogP contribution is -2.51. The Hall–Kier alpha value is -0.570. The maximum atomic E-state index is 12.5. The molecule has 3 nitrogen and oxygen atoms in total. The van der Waals surface area contributed by atoms with Crippen molar-refractivity contribution in [2.75, 3.05) is 13.1 Å². The molecule has 1 heterocycles. The fourth-order valence-electron chi connectivity index (χ4n) is 3.10. The molecule has 1 amide bonds. The van der Waals surface area contributed by atoms with Crippen LogP contribution in [0.15, 0.2) is 0 Å². The maximum absolute atomic E-state index is 12.5. The maximum Gasteiger partial charge on any atom is 0.228 e. The first-order valence-electron chi connectivity index (χ1n) is 6.58. The molecule has 92 valence electrons. The fraction of sp³-hybridized carbons (Fsp3) is 0.923. The number of nitrogens with two attached hydrogens (primary N) is 1. The molecule has 0 radical (unpaired) electrons. The summed E-state index contributed by atoms with van der Waals surface area (Å²) in [5, 5.41) is 0. The van der Waals surface area contributed by atoms with E-state index in [9.17, 15) is 4.79 Å². The van der Waals surface area contributed by atoms with Gasteiger partial charge in [-0.3, -0.25) is 4.79 Å². The van der Waals surface area contributed by atoms with Crippen LogP contribution in [-0.4, -0.2) is 29.9 Å². The van der Waals surface area contributed by atoms with Crippen LogP contribution >= 0.6 is 0 Å². The topological polar surface area (TPSA) is 46.3 Å². The molecule has 2 atom stereocenters. The van der Waals surface area contributed by atoms with Gasteiger partial charge < -0.3 is 10.6 Å². The average Bonchev–Trinajstić information content (AvgIpc) is 2.70. The molecule has 1 aliphatic carbocycles. The van der Waals surface area contributed by atoms with Crippen molar-refractivity contribution < 1.29 is 4.79 Å². The summed E-state index contributed by atoms with van der Waals surface area (Å²) in [6.07, 6.45) is 5.53. The Bertz CT molecular complexity index is 271. The Morgan fingerprint density at radius 1 is 1.38 bits per heavy atom. The van der Waals surface area contributed by atoms with E-state index in [2.05, 4.69) is 18.7 Å². The Morgan fingerprint density at radius 3 is 2.56 bits per heavy atom. The van der Waals surface area contributed by atoms with Gasteiger partial charge in [0, 0.05) is 24.5 Å². The number of rotatable bonds is 1. The molecule has 3 heteroatoms. The monoisotopic (exact) mass is 224 g/mol. The number of piperidine rings is 1. The van der Waals surface area contributed by atoms with Gasteiger partial charge in [-0.15, -0.1) is 0 Å². The van der Waals surface area contributed by atoms with E-state index in [1.165, 1.54) is 12.8 Å². The van der Waals surface area contributed by atoms with Gasteiger partial charge in [-0.05, 0) is 25.2 Å². The van der Waals surface area contributed by atoms with Gasteiger partial charge in [0.1, 0.15) is 0 Å². The van der Waals surface area contributed by atoms with E-state index in [1.807, 2.05) is 0 Å². The number of carbonyl (C=O) groups is 1. The molecular formula is C13H24N2O. The normalized spacial score (nSPS) is 34.1. The summed E-state index contributed by atoms with van der Waals surface area (Å²) in [6, 6.07) is 0.278. The van der Waals surface area contributed by atoms with Gasteiger partial charge in [-0.25, -0.2) is 0 Å². The highest BCUT2D eigenvalue weighted by atomic mass is 16.2. The summed E-state index contributed by atoms with van der Waals surface area (Å²) in [6.45, 7) is 6.01. The van der Waals surface area contributed by atoms with Crippen LogP contribution in [0.5, 0.6) is 0 Å². The van der Waals surface area contributed by atoms with Gasteiger partial charge in [0.25, 0.3) is 0 Å². The smallest absolute Gasteiger partial charge is 0.228 e. The van der Waals surface area contributed by atoms with Gasteiger partial charge in [0.15, 0.2) is 0 Å². The SMILES string of the molecule is CC1CN(C(=O)C2(C)CCCC2)CCC1N. The summed E-state index contributed by atoms with van der Waals surface area (Å²) in [5.41, 5.74) is 5.92. The van der Waals surface area contributed by atoms with E-state index < -0.39 is 0 Å². The molecule has 2 aliphatic rings. The third kappa shape index (κ3) is 2.10. The lowest BCUT2D eigenvalue weighted by molar-refractivity contribution is -0.143. The van der Waals surface area contributed by atoms with Crippen molar-refractivity contribution in [3.05, 3.63) is 0 Å². The second-order valence-electron chi connectivity index (χ2n) is 5.95. The average molecular weight is 224 g/mol. The predicted molar refractivity (Wildman–Crippen MR) is 64.9 cm³/mol. The van der Waals surface area contributed by atoms with Crippen molar-refractivity contribution in [3.63, 3.8) is 0 Å². The summed E-state index contributed by atoms with van der Waals surface area (Å²) >= 11 is 0. The summed E-state index contributed by atoms with van der Waals surface area (Å²) in [7, 11) is 0. The minimum Gasteiger partial charge on any atom is -0.342 e. The Labute approximate surface area is 98.4 Å². The number of amides is 1. The van der Waals surface area contributed by atoms with Crippen LogP contribution < -0.4 is 5.73 Å². The molecule has 1 saturated carbocycles. The van der Waals surface area contributed by atoms with Crippen molar-refractivity contribution in [2.24, 2.45) is 17.1 Å². The second kappa shape index (κ2) is 4.36. The Kier molecular flexibility index (Phi) is 3.24. The van der Waals surface area contributed by atoms with Crippen LogP contribution in [0.1, 0.15) is 46.0 Å². The number of hydrogen-bond donors (Lipinski definition) is 1. The highest BCUT2D eigenvalue weighted by Crippen LogP contribution is 2.39. The van der Waals surface area contributed by atoms with Crippen LogP contribution in [0.3, 0.4) is 0 Å². The largest absolute Gasteiger partial charge is 0.342 e. The molecular weight excluding hydrogens is 200 g/mol. The third-order valence-corrected chi connectivity index (χ3v) is 4.48. The Morgan fingerprint density at radius 2 is 2.00 bits per heavy atom. The van der Waals surface area contributed by atoms with Crippen LogP contribution in [0.2, 0.25) is 0 Å². The molecule has 0 spiro atoms. The highest BCUT2D eigenvalue weighted by Gasteiger charge is 2.40. The lowest BCUT2D eigenvalue weighted by atomic mass is 9.85. The minimum atomic E-state index is -0.0683. The molecule has 0 aromatic rings. The van der Waals surface area contributed by atoms with E-state index in [1.54, 1.807) is 0 Å². The van der Waals surface area contributed by atoms with Crippen LogP contribution in [0.25, 0.3) is 0 Å². The molecule has 0 aromatic heterocycles. The van der Waals surface area contributed by atoms with Crippen LogP contribution in [0, 0.1) is 11.3 Å². The van der Waals surface area contributed by atoms with Gasteiger partial charge in [0.2, 0.25) is 5.91 Å². The first kappa shape index (κ1) is 11.9. The van der Waals surface area contributed by atoms with Crippen molar-refractivity contribution in [2.45, 2.75) is 52.0 Å². The number of likely N-dealkylation sites (tertiary alicyclic amines) is 1. The molecule has 1 saturated heterocycles. The van der Waals surface area contributed by atoms with Gasteiger partial charge in [0.05, 0.1) is 0 Å². The number of hydrogen-bond acceptors (Lipinski definition) is 2. The molecule has 2 unspecified atom stereocenters. The zero-order chi connectivity index (χ0) is 11.8. The van der Waals surface area contributed by atoms with E-state index in [0.717, 1.165) is 32.4 Å². The molecule has 2 rings (SSSR count). The number of nitrogens with zero attached hydrogens (tertiary/aromatic N) is 1. The van der Waals surface area contributed by atoms with E-state index in [0.29, 0.717) is 11.8 Å². The Balaban J connectivity index is 2.00. The van der Waals surface area contributed by atoms with Gasteiger partial charge >= 0.3 is 0 Å². The van der Waals surface area contributed by atoms with Crippen molar-refractivity contribution >= 4 is 5.91 Å². The third-order valence-electron chi connectivity index (χ3n) is 4.48. The minimum absolute atomic E-state index is 0.0683. The standard InChI is InChI=1S/C13H24N2O/c1-10-9-15(8-5-11(10)14)12(16)13(2)6-3-4-7-13/h10-11H,3-9,14H2,1-2H3. The number of carbonyl (C=O) groups excluding carboxylic acids is 1. The lowest BCUT2D eigenvalue weighted by Gasteiger charge is -2.39. The molecule has 1 aliphatic heterocycles. The van der Waals surface area contributed by atoms with Gasteiger partial charge in [-0.2, -0.15) is 0 Å². The quantitative estimate of drug-likeness (QED) is 0.737. The molecule has 0 bridgehead atoms. The van der Waals surface area contributed by atoms with Gasteiger partial charge in [-0.1, -0.05) is 26.7 Å². The van der Waals surface area contributed by atoms with Crippen molar-refractivity contribution in [3.8, 4) is 0 Å². The zero-order valence-corrected chi connectivity index (χ0v) is 10.5. The molecule has 2 fully saturated rings. The zero-order valence-electron chi connectivity index (χ0n) is 10.5. The van der Waals surface area contributed by atoms with E-state index in [4.69, 9.17) is 5.73 Å². The molecule has 0 aromatic carbocycles. The fourth-order valence-corrected chi connectivity index (χ4v) is 3.10. The van der Waals surface area contributed by atoms with Crippen LogP contribution in [-0.2, 0) is 4.79 Å². The highest BCUT2D eigenvalue weighted by molar-refractivity contribution is 5.82. The van der Waals surface area contributed by atoms with Crippen molar-refractivity contribution in [1.82, 2.24) is 4.90 Å². The first-order valence-corrected chi connectivity index (χ1v) is 6.58. The summed E-state index contributed by atoms with van der Waals surface area (Å²) in [5.74, 6) is 0.825. The van der Waals surface area contributed by atoms with E-state index >= 15 is 0 Å². The predicted octanol–water partition coefficient (Wildman–Crippen LogP) is 1.76. The van der Waals surface area contributed by atoms with Crippen molar-refractivity contribution in [1.29, 1.82) is 0 Å². The van der Waals surface area contributed by atoms with Crippen LogP contribution in [0.4, 0.5) is 0 Å². The second-order valence-corrected chi connectivity index (χ2v) is 5.95. The van der Waals surface area contributed by atoms with E-state index in [-0.39, 0.29) is 11.5 Å². The molecule has 16 heavy (non-hydrogen) atoms. The first-order chi connectivity index (χ1) is 7.53.